The Morgan fingerprint density at radius 1 is 1.47 bits per heavy atom. The second-order valence-electron chi connectivity index (χ2n) is 4.24. The standard InChI is InChI=1S/C12H16BrClN2.ClH/c13-12-6-10(14)4-3-9(12)8-16-5-1-2-11(16)7-15;/h3-4,6,11H,1-2,5,7-8,15H2;1H. The number of halogens is 3. The lowest BCUT2D eigenvalue weighted by atomic mass is 10.2. The third-order valence-electron chi connectivity index (χ3n) is 3.16. The van der Waals surface area contributed by atoms with Crippen LogP contribution in [0.15, 0.2) is 22.7 Å². The highest BCUT2D eigenvalue weighted by Gasteiger charge is 2.23. The molecule has 1 saturated heterocycles. The van der Waals surface area contributed by atoms with E-state index >= 15 is 0 Å². The predicted molar refractivity (Wildman–Crippen MR) is 78.9 cm³/mol. The minimum Gasteiger partial charge on any atom is -0.329 e. The van der Waals surface area contributed by atoms with E-state index < -0.39 is 0 Å². The summed E-state index contributed by atoms with van der Waals surface area (Å²) in [6, 6.07) is 6.51. The van der Waals surface area contributed by atoms with Crippen molar-refractivity contribution in [1.29, 1.82) is 0 Å². The molecule has 17 heavy (non-hydrogen) atoms. The zero-order valence-electron chi connectivity index (χ0n) is 9.53. The highest BCUT2D eigenvalue weighted by Crippen LogP contribution is 2.25. The highest BCUT2D eigenvalue weighted by molar-refractivity contribution is 9.10. The molecule has 1 aromatic rings. The summed E-state index contributed by atoms with van der Waals surface area (Å²) in [4.78, 5) is 2.45. The number of likely N-dealkylation sites (tertiary alicyclic amines) is 1. The number of nitrogens with two attached hydrogens (primary N) is 1. The van der Waals surface area contributed by atoms with Gasteiger partial charge in [-0.1, -0.05) is 33.6 Å². The maximum absolute atomic E-state index is 5.93. The molecule has 1 heterocycles. The van der Waals surface area contributed by atoms with Gasteiger partial charge in [-0.05, 0) is 37.1 Å². The van der Waals surface area contributed by atoms with Crippen LogP contribution in [-0.4, -0.2) is 24.0 Å². The monoisotopic (exact) mass is 338 g/mol. The van der Waals surface area contributed by atoms with Gasteiger partial charge in [-0.15, -0.1) is 12.4 Å². The first kappa shape index (κ1) is 15.3. The summed E-state index contributed by atoms with van der Waals surface area (Å²) in [5, 5.41) is 0.771. The molecule has 0 spiro atoms. The largest absolute Gasteiger partial charge is 0.329 e. The summed E-state index contributed by atoms with van der Waals surface area (Å²) in [5.74, 6) is 0. The average molecular weight is 340 g/mol. The van der Waals surface area contributed by atoms with Crippen molar-refractivity contribution in [2.24, 2.45) is 5.73 Å². The van der Waals surface area contributed by atoms with Crippen molar-refractivity contribution in [1.82, 2.24) is 4.90 Å². The fourth-order valence-corrected chi connectivity index (χ4v) is 3.05. The van der Waals surface area contributed by atoms with Crippen LogP contribution in [0.3, 0.4) is 0 Å². The lowest BCUT2D eigenvalue weighted by Crippen LogP contribution is -2.34. The van der Waals surface area contributed by atoms with Crippen molar-refractivity contribution >= 4 is 39.9 Å². The predicted octanol–water partition coefficient (Wildman–Crippen LogP) is 3.45. The van der Waals surface area contributed by atoms with E-state index in [2.05, 4.69) is 26.9 Å². The minimum atomic E-state index is 0. The fourth-order valence-electron chi connectivity index (χ4n) is 2.24. The van der Waals surface area contributed by atoms with E-state index in [1.54, 1.807) is 0 Å². The third-order valence-corrected chi connectivity index (χ3v) is 4.13. The van der Waals surface area contributed by atoms with Crippen molar-refractivity contribution in [3.63, 3.8) is 0 Å². The topological polar surface area (TPSA) is 29.3 Å². The Hall–Kier alpha value is 0.200. The molecular weight excluding hydrogens is 323 g/mol. The fraction of sp³-hybridized carbons (Fsp3) is 0.500. The van der Waals surface area contributed by atoms with Gasteiger partial charge in [0.1, 0.15) is 0 Å². The maximum Gasteiger partial charge on any atom is 0.0417 e. The Bertz CT molecular complexity index is 374. The molecule has 2 rings (SSSR count). The van der Waals surface area contributed by atoms with Crippen LogP contribution in [0, 0.1) is 0 Å². The van der Waals surface area contributed by atoms with Crippen molar-refractivity contribution in [2.75, 3.05) is 13.1 Å². The summed E-state index contributed by atoms with van der Waals surface area (Å²) in [7, 11) is 0. The summed E-state index contributed by atoms with van der Waals surface area (Å²) in [5.41, 5.74) is 7.05. The lowest BCUT2D eigenvalue weighted by molar-refractivity contribution is 0.250. The molecule has 0 aromatic heterocycles. The number of benzene rings is 1. The molecule has 0 saturated carbocycles. The van der Waals surface area contributed by atoms with Gasteiger partial charge >= 0.3 is 0 Å². The normalized spacial score (nSPS) is 20.3. The number of hydrogen-bond donors (Lipinski definition) is 1. The maximum atomic E-state index is 5.93. The second kappa shape index (κ2) is 6.95. The number of nitrogens with zero attached hydrogens (tertiary/aromatic N) is 1. The highest BCUT2D eigenvalue weighted by atomic mass is 79.9. The zero-order valence-corrected chi connectivity index (χ0v) is 12.7. The van der Waals surface area contributed by atoms with E-state index in [0.29, 0.717) is 6.04 Å². The van der Waals surface area contributed by atoms with Crippen molar-refractivity contribution < 1.29 is 0 Å². The summed E-state index contributed by atoms with van der Waals surface area (Å²) in [6.45, 7) is 2.86. The molecular formula is C12H17BrCl2N2. The Morgan fingerprint density at radius 2 is 2.24 bits per heavy atom. The Labute approximate surface area is 122 Å². The van der Waals surface area contributed by atoms with E-state index in [-0.39, 0.29) is 12.4 Å². The second-order valence-corrected chi connectivity index (χ2v) is 5.53. The van der Waals surface area contributed by atoms with Gasteiger partial charge in [-0.25, -0.2) is 0 Å². The van der Waals surface area contributed by atoms with Gasteiger partial charge in [0.05, 0.1) is 0 Å². The quantitative estimate of drug-likeness (QED) is 0.913. The van der Waals surface area contributed by atoms with Gasteiger partial charge in [0.15, 0.2) is 0 Å². The Morgan fingerprint density at radius 3 is 2.88 bits per heavy atom. The Kier molecular flexibility index (Phi) is 6.24. The molecule has 1 aliphatic heterocycles. The van der Waals surface area contributed by atoms with E-state index in [1.807, 2.05) is 12.1 Å². The molecule has 1 aliphatic rings. The van der Waals surface area contributed by atoms with Gasteiger partial charge in [0, 0.05) is 28.6 Å². The van der Waals surface area contributed by atoms with Gasteiger partial charge in [0.25, 0.3) is 0 Å². The molecule has 1 atom stereocenters. The molecule has 1 aromatic carbocycles. The summed E-state index contributed by atoms with van der Waals surface area (Å²) < 4.78 is 1.09. The molecule has 96 valence electrons. The molecule has 2 N–H and O–H groups in total. The van der Waals surface area contributed by atoms with Crippen molar-refractivity contribution in [3.05, 3.63) is 33.3 Å². The van der Waals surface area contributed by atoms with E-state index in [9.17, 15) is 0 Å². The van der Waals surface area contributed by atoms with E-state index in [4.69, 9.17) is 17.3 Å². The number of rotatable bonds is 3. The van der Waals surface area contributed by atoms with Gasteiger partial charge in [-0.2, -0.15) is 0 Å². The van der Waals surface area contributed by atoms with Gasteiger partial charge in [0.2, 0.25) is 0 Å². The molecule has 2 nitrogen and oxygen atoms in total. The third kappa shape index (κ3) is 3.83. The van der Waals surface area contributed by atoms with Crippen LogP contribution in [-0.2, 0) is 6.54 Å². The molecule has 1 unspecified atom stereocenters. The SMILES string of the molecule is Cl.NCC1CCCN1Cc1ccc(Cl)cc1Br. The Balaban J connectivity index is 0.00000144. The van der Waals surface area contributed by atoms with Crippen LogP contribution in [0.1, 0.15) is 18.4 Å². The molecule has 1 fully saturated rings. The van der Waals surface area contributed by atoms with E-state index in [1.165, 1.54) is 18.4 Å². The zero-order chi connectivity index (χ0) is 11.5. The smallest absolute Gasteiger partial charge is 0.0417 e. The summed E-state index contributed by atoms with van der Waals surface area (Å²) in [6.07, 6.45) is 2.48. The molecule has 5 heteroatoms. The first-order valence-electron chi connectivity index (χ1n) is 5.58. The molecule has 0 bridgehead atoms. The van der Waals surface area contributed by atoms with Crippen LogP contribution >= 0.6 is 39.9 Å². The molecule has 0 amide bonds. The van der Waals surface area contributed by atoms with Crippen LogP contribution in [0.5, 0.6) is 0 Å². The van der Waals surface area contributed by atoms with Crippen molar-refractivity contribution in [2.45, 2.75) is 25.4 Å². The van der Waals surface area contributed by atoms with Crippen molar-refractivity contribution in [3.8, 4) is 0 Å². The first-order chi connectivity index (χ1) is 7.70. The minimum absolute atomic E-state index is 0. The van der Waals surface area contributed by atoms with Gasteiger partial charge in [-0.3, -0.25) is 4.90 Å². The lowest BCUT2D eigenvalue weighted by Gasteiger charge is -2.23. The molecule has 0 radical (unpaired) electrons. The average Bonchev–Trinajstić information content (AvgIpc) is 2.69. The van der Waals surface area contributed by atoms with E-state index in [0.717, 1.165) is 29.1 Å². The first-order valence-corrected chi connectivity index (χ1v) is 6.76. The van der Waals surface area contributed by atoms with Crippen LogP contribution < -0.4 is 5.73 Å². The van der Waals surface area contributed by atoms with Crippen LogP contribution in [0.4, 0.5) is 0 Å². The molecule has 0 aliphatic carbocycles. The van der Waals surface area contributed by atoms with Crippen LogP contribution in [0.25, 0.3) is 0 Å². The summed E-state index contributed by atoms with van der Waals surface area (Å²) >= 11 is 9.48. The number of hydrogen-bond acceptors (Lipinski definition) is 2. The van der Waals surface area contributed by atoms with Gasteiger partial charge < -0.3 is 5.73 Å². The van der Waals surface area contributed by atoms with Crippen LogP contribution in [0.2, 0.25) is 5.02 Å².